The molecule has 0 fully saturated rings. The van der Waals surface area contributed by atoms with Crippen LogP contribution >= 0.6 is 23.2 Å². The van der Waals surface area contributed by atoms with E-state index in [9.17, 15) is 18.4 Å². The smallest absolute Gasteiger partial charge is 0.252 e. The SMILES string of the molecule is COc1cn(C(CC(F)F)C(=O)Cc2ccc3nccnc3c2)c(=O)cc1-c1cc(Cl)ccc1-n1cc(Cl)nn1. The number of rotatable bonds is 9. The number of Topliss-reactive ketones (excluding diaryl/α,β-unsaturated/α-hetero) is 1. The van der Waals surface area contributed by atoms with Gasteiger partial charge in [0.1, 0.15) is 11.8 Å². The molecule has 0 aliphatic heterocycles. The average Bonchev–Trinajstić information content (AvgIpc) is 3.37. The van der Waals surface area contributed by atoms with Crippen molar-refractivity contribution in [2.45, 2.75) is 25.3 Å². The molecule has 5 aromatic rings. The quantitative estimate of drug-likeness (QED) is 0.229. The Morgan fingerprint density at radius 3 is 2.48 bits per heavy atom. The van der Waals surface area contributed by atoms with Crippen molar-refractivity contribution in [2.75, 3.05) is 7.11 Å². The zero-order valence-electron chi connectivity index (χ0n) is 20.8. The third kappa shape index (κ3) is 5.70. The summed E-state index contributed by atoms with van der Waals surface area (Å²) in [6, 6.07) is 9.69. The van der Waals surface area contributed by atoms with Crippen LogP contribution in [0.5, 0.6) is 5.75 Å². The van der Waals surface area contributed by atoms with E-state index < -0.39 is 30.2 Å². The molecule has 5 rings (SSSR count). The number of carbonyl (C=O) groups excluding carboxylic acids is 1. The topological polar surface area (TPSA) is 105 Å². The number of fused-ring (bicyclic) bond motifs is 1. The Labute approximate surface area is 236 Å². The Balaban J connectivity index is 1.56. The maximum atomic E-state index is 13.7. The highest BCUT2D eigenvalue weighted by Gasteiger charge is 2.27. The third-order valence-corrected chi connectivity index (χ3v) is 6.65. The first-order chi connectivity index (χ1) is 19.2. The first-order valence-corrected chi connectivity index (χ1v) is 12.7. The monoisotopic (exact) mass is 584 g/mol. The lowest BCUT2D eigenvalue weighted by atomic mass is 9.99. The Morgan fingerprint density at radius 2 is 1.77 bits per heavy atom. The van der Waals surface area contributed by atoms with Crippen LogP contribution in [0.4, 0.5) is 8.78 Å². The molecule has 0 N–H and O–H groups in total. The average molecular weight is 585 g/mol. The number of benzene rings is 2. The van der Waals surface area contributed by atoms with E-state index in [2.05, 4.69) is 20.3 Å². The molecule has 2 aromatic carbocycles. The zero-order valence-corrected chi connectivity index (χ0v) is 22.4. The minimum atomic E-state index is -2.84. The minimum Gasteiger partial charge on any atom is -0.495 e. The standard InChI is InChI=1S/C27H20Cl2F2N6O3/c1-40-24-13-36(22(12-26(30)31)23(38)9-15-2-4-19-20(8-15)33-7-6-32-19)27(39)11-18(24)17-10-16(28)3-5-21(17)37-14-25(29)34-35-37/h2-8,10-11,13-14,22,26H,9,12H2,1H3. The number of hydrogen-bond acceptors (Lipinski definition) is 7. The van der Waals surface area contributed by atoms with Gasteiger partial charge in [-0.25, -0.2) is 13.5 Å². The molecule has 1 unspecified atom stereocenters. The van der Waals surface area contributed by atoms with Crippen molar-refractivity contribution in [3.63, 3.8) is 0 Å². The van der Waals surface area contributed by atoms with Crippen molar-refractivity contribution in [2.24, 2.45) is 0 Å². The number of hydrogen-bond donors (Lipinski definition) is 0. The van der Waals surface area contributed by atoms with Gasteiger partial charge in [0.2, 0.25) is 6.43 Å². The summed E-state index contributed by atoms with van der Waals surface area (Å²) >= 11 is 12.2. The van der Waals surface area contributed by atoms with E-state index in [4.69, 9.17) is 27.9 Å². The summed E-state index contributed by atoms with van der Waals surface area (Å²) in [5, 5.41) is 8.26. The van der Waals surface area contributed by atoms with Gasteiger partial charge in [-0.15, -0.1) is 5.10 Å². The number of halogens is 4. The summed E-state index contributed by atoms with van der Waals surface area (Å²) in [4.78, 5) is 35.1. The van der Waals surface area contributed by atoms with E-state index in [0.29, 0.717) is 38.4 Å². The van der Waals surface area contributed by atoms with Gasteiger partial charge in [0.15, 0.2) is 10.9 Å². The molecule has 0 saturated carbocycles. The van der Waals surface area contributed by atoms with Gasteiger partial charge in [0.05, 0.1) is 36.2 Å². The molecule has 3 heterocycles. The van der Waals surface area contributed by atoms with Crippen LogP contribution < -0.4 is 10.3 Å². The number of carbonyl (C=O) groups is 1. The second-order valence-corrected chi connectivity index (χ2v) is 9.64. The molecule has 13 heteroatoms. The van der Waals surface area contributed by atoms with Gasteiger partial charge in [-0.2, -0.15) is 0 Å². The highest BCUT2D eigenvalue weighted by molar-refractivity contribution is 6.31. The molecule has 204 valence electrons. The lowest BCUT2D eigenvalue weighted by Crippen LogP contribution is -2.32. The maximum Gasteiger partial charge on any atom is 0.252 e. The lowest BCUT2D eigenvalue weighted by molar-refractivity contribution is -0.122. The highest BCUT2D eigenvalue weighted by Crippen LogP contribution is 2.36. The molecule has 0 aliphatic carbocycles. The van der Waals surface area contributed by atoms with Crippen molar-refractivity contribution in [1.82, 2.24) is 29.5 Å². The van der Waals surface area contributed by atoms with E-state index in [1.807, 2.05) is 0 Å². The molecular formula is C27H20Cl2F2N6O3. The molecule has 3 aromatic heterocycles. The van der Waals surface area contributed by atoms with Crippen LogP contribution in [0.2, 0.25) is 10.2 Å². The van der Waals surface area contributed by atoms with Gasteiger partial charge in [-0.3, -0.25) is 19.6 Å². The Morgan fingerprint density at radius 1 is 1.00 bits per heavy atom. The van der Waals surface area contributed by atoms with Crippen molar-refractivity contribution < 1.29 is 18.3 Å². The van der Waals surface area contributed by atoms with Crippen LogP contribution in [0.15, 0.2) is 72.0 Å². The van der Waals surface area contributed by atoms with Gasteiger partial charge < -0.3 is 9.30 Å². The molecule has 0 bridgehead atoms. The third-order valence-electron chi connectivity index (χ3n) is 6.25. The van der Waals surface area contributed by atoms with Crippen molar-refractivity contribution in [1.29, 1.82) is 0 Å². The molecule has 0 saturated heterocycles. The summed E-state index contributed by atoms with van der Waals surface area (Å²) in [7, 11) is 1.37. The Bertz CT molecular complexity index is 1780. The normalized spacial score (nSPS) is 12.2. The molecule has 0 amide bonds. The first kappa shape index (κ1) is 27.4. The fourth-order valence-corrected chi connectivity index (χ4v) is 4.74. The molecular weight excluding hydrogens is 565 g/mol. The van der Waals surface area contributed by atoms with Crippen LogP contribution in [-0.2, 0) is 11.2 Å². The van der Waals surface area contributed by atoms with Crippen LogP contribution in [0.1, 0.15) is 18.0 Å². The van der Waals surface area contributed by atoms with Crippen molar-refractivity contribution >= 4 is 40.0 Å². The second-order valence-electron chi connectivity index (χ2n) is 8.81. The van der Waals surface area contributed by atoms with Crippen molar-refractivity contribution in [3.05, 3.63) is 93.3 Å². The fourth-order valence-electron chi connectivity index (χ4n) is 4.44. The first-order valence-electron chi connectivity index (χ1n) is 11.9. The Hall–Kier alpha value is -4.22. The number of ketones is 1. The van der Waals surface area contributed by atoms with E-state index >= 15 is 0 Å². The summed E-state index contributed by atoms with van der Waals surface area (Å²) < 4.78 is 35.3. The zero-order chi connectivity index (χ0) is 28.4. The predicted molar refractivity (Wildman–Crippen MR) is 146 cm³/mol. The molecule has 40 heavy (non-hydrogen) atoms. The Kier molecular flexibility index (Phi) is 7.85. The highest BCUT2D eigenvalue weighted by atomic mass is 35.5. The van der Waals surface area contributed by atoms with E-state index in [1.165, 1.54) is 36.4 Å². The number of ether oxygens (including phenoxy) is 1. The predicted octanol–water partition coefficient (Wildman–Crippen LogP) is 5.36. The molecule has 0 radical (unpaired) electrons. The second kappa shape index (κ2) is 11.5. The molecule has 0 spiro atoms. The molecule has 0 aliphatic rings. The number of pyridine rings is 1. The van der Waals surface area contributed by atoms with Gasteiger partial charge >= 0.3 is 0 Å². The van der Waals surface area contributed by atoms with Crippen LogP contribution in [0, 0.1) is 0 Å². The largest absolute Gasteiger partial charge is 0.495 e. The number of methoxy groups -OCH3 is 1. The minimum absolute atomic E-state index is 0.148. The van der Waals surface area contributed by atoms with Crippen LogP contribution in [-0.4, -0.2) is 48.8 Å². The summed E-state index contributed by atoms with van der Waals surface area (Å²) in [5.41, 5.74) is 2.32. The number of nitrogens with zero attached hydrogens (tertiary/aromatic N) is 6. The van der Waals surface area contributed by atoms with Crippen LogP contribution in [0.25, 0.3) is 27.8 Å². The van der Waals surface area contributed by atoms with E-state index in [0.717, 1.165) is 4.57 Å². The van der Waals surface area contributed by atoms with Crippen molar-refractivity contribution in [3.8, 4) is 22.6 Å². The van der Waals surface area contributed by atoms with Gasteiger partial charge in [0, 0.05) is 47.5 Å². The summed E-state index contributed by atoms with van der Waals surface area (Å²) in [6.45, 7) is 0. The molecule has 9 nitrogen and oxygen atoms in total. The maximum absolute atomic E-state index is 13.7. The van der Waals surface area contributed by atoms with Gasteiger partial charge in [-0.05, 0) is 35.9 Å². The number of alkyl halides is 2. The van der Waals surface area contributed by atoms with Crippen LogP contribution in [0.3, 0.4) is 0 Å². The van der Waals surface area contributed by atoms with Gasteiger partial charge in [-0.1, -0.05) is 34.5 Å². The van der Waals surface area contributed by atoms with E-state index in [1.54, 1.807) is 42.6 Å². The number of aromatic nitrogens is 6. The van der Waals surface area contributed by atoms with E-state index in [-0.39, 0.29) is 17.3 Å². The van der Waals surface area contributed by atoms with Gasteiger partial charge in [0.25, 0.3) is 5.56 Å². The summed E-state index contributed by atoms with van der Waals surface area (Å²) in [6.07, 6.45) is 1.91. The fraction of sp³-hybridized carbons (Fsp3) is 0.185. The summed E-state index contributed by atoms with van der Waals surface area (Å²) in [5.74, 6) is -0.413. The lowest BCUT2D eigenvalue weighted by Gasteiger charge is -2.21. The molecule has 1 atom stereocenters.